The monoisotopic (exact) mass is 499 g/mol. The Balaban J connectivity index is 0.00000312. The van der Waals surface area contributed by atoms with Gasteiger partial charge in [-0.15, -0.1) is 24.0 Å². The van der Waals surface area contributed by atoms with Gasteiger partial charge in [0.15, 0.2) is 5.96 Å². The van der Waals surface area contributed by atoms with Gasteiger partial charge in [0.2, 0.25) is 5.91 Å². The van der Waals surface area contributed by atoms with Crippen LogP contribution < -0.4 is 16.0 Å². The Morgan fingerprint density at radius 3 is 2.68 bits per heavy atom. The number of hydrogen-bond donors (Lipinski definition) is 3. The SMILES string of the molecule is CCNC(=NCc1ccc(Cl)cc1Cl)NCCN1C(=O)CNC1=O.I. The van der Waals surface area contributed by atoms with Gasteiger partial charge in [-0.2, -0.15) is 0 Å². The number of nitrogens with one attached hydrogen (secondary N) is 3. The number of rotatable bonds is 6. The first kappa shape index (κ1) is 21.8. The van der Waals surface area contributed by atoms with E-state index in [2.05, 4.69) is 20.9 Å². The van der Waals surface area contributed by atoms with Crippen LogP contribution in [-0.2, 0) is 11.3 Å². The lowest BCUT2D eigenvalue weighted by atomic mass is 10.2. The number of imide groups is 1. The van der Waals surface area contributed by atoms with Gasteiger partial charge in [-0.1, -0.05) is 29.3 Å². The molecule has 0 saturated carbocycles. The zero-order valence-electron chi connectivity index (χ0n) is 13.6. The largest absolute Gasteiger partial charge is 0.357 e. The van der Waals surface area contributed by atoms with E-state index in [1.807, 2.05) is 13.0 Å². The molecule has 1 saturated heterocycles. The van der Waals surface area contributed by atoms with Gasteiger partial charge < -0.3 is 16.0 Å². The number of hydrogen-bond acceptors (Lipinski definition) is 3. The summed E-state index contributed by atoms with van der Waals surface area (Å²) in [5.74, 6) is 0.354. The van der Waals surface area contributed by atoms with E-state index in [0.717, 1.165) is 5.56 Å². The maximum absolute atomic E-state index is 11.5. The lowest BCUT2D eigenvalue weighted by molar-refractivity contribution is -0.124. The molecular weight excluding hydrogens is 480 g/mol. The molecule has 0 bridgehead atoms. The Morgan fingerprint density at radius 2 is 2.08 bits per heavy atom. The Hall–Kier alpha value is -1.26. The third-order valence-electron chi connectivity index (χ3n) is 3.33. The molecule has 1 aliphatic heterocycles. The van der Waals surface area contributed by atoms with Gasteiger partial charge in [-0.3, -0.25) is 9.69 Å². The molecule has 0 atom stereocenters. The molecule has 0 radical (unpaired) electrons. The predicted molar refractivity (Wildman–Crippen MR) is 110 cm³/mol. The number of amides is 3. The fraction of sp³-hybridized carbons (Fsp3) is 0.400. The van der Waals surface area contributed by atoms with E-state index in [0.29, 0.717) is 35.6 Å². The van der Waals surface area contributed by atoms with E-state index >= 15 is 0 Å². The van der Waals surface area contributed by atoms with Gasteiger partial charge in [0, 0.05) is 29.7 Å². The first-order chi connectivity index (χ1) is 11.5. The van der Waals surface area contributed by atoms with Crippen LogP contribution in [0.1, 0.15) is 12.5 Å². The van der Waals surface area contributed by atoms with Crippen LogP contribution in [0.3, 0.4) is 0 Å². The summed E-state index contributed by atoms with van der Waals surface area (Å²) < 4.78 is 0. The van der Waals surface area contributed by atoms with Crippen LogP contribution in [0.25, 0.3) is 0 Å². The minimum absolute atomic E-state index is 0. The standard InChI is InChI=1S/C15H19Cl2N5O2.HI/c1-2-18-14(19-5-6-22-13(23)9-21-15(22)24)20-8-10-3-4-11(16)7-12(10)17;/h3-4,7H,2,5-6,8-9H2,1H3,(H,21,24)(H2,18,19,20);1H. The summed E-state index contributed by atoms with van der Waals surface area (Å²) in [6, 6.07) is 4.89. The molecule has 0 spiro atoms. The van der Waals surface area contributed by atoms with Gasteiger partial charge in [-0.05, 0) is 24.6 Å². The fourth-order valence-electron chi connectivity index (χ4n) is 2.12. The Labute approximate surface area is 173 Å². The number of carbonyl (C=O) groups excluding carboxylic acids is 2. The molecule has 10 heteroatoms. The van der Waals surface area contributed by atoms with Crippen molar-refractivity contribution in [1.82, 2.24) is 20.9 Å². The highest BCUT2D eigenvalue weighted by Crippen LogP contribution is 2.21. The second kappa shape index (κ2) is 10.7. The fourth-order valence-corrected chi connectivity index (χ4v) is 2.59. The number of benzene rings is 1. The minimum Gasteiger partial charge on any atom is -0.357 e. The molecule has 1 aliphatic rings. The highest BCUT2D eigenvalue weighted by Gasteiger charge is 2.27. The molecule has 25 heavy (non-hydrogen) atoms. The third-order valence-corrected chi connectivity index (χ3v) is 3.92. The predicted octanol–water partition coefficient (Wildman–Crippen LogP) is 2.22. The van der Waals surface area contributed by atoms with E-state index in [-0.39, 0.29) is 49.0 Å². The van der Waals surface area contributed by atoms with E-state index in [9.17, 15) is 9.59 Å². The average Bonchev–Trinajstić information content (AvgIpc) is 2.85. The molecule has 3 amide bonds. The van der Waals surface area contributed by atoms with Crippen molar-refractivity contribution in [2.75, 3.05) is 26.2 Å². The molecule has 3 N–H and O–H groups in total. The van der Waals surface area contributed by atoms with Crippen molar-refractivity contribution in [3.63, 3.8) is 0 Å². The van der Waals surface area contributed by atoms with Crippen LogP contribution in [-0.4, -0.2) is 49.0 Å². The van der Waals surface area contributed by atoms with Gasteiger partial charge in [0.05, 0.1) is 13.1 Å². The molecule has 0 aromatic heterocycles. The van der Waals surface area contributed by atoms with Crippen molar-refractivity contribution in [3.05, 3.63) is 33.8 Å². The lowest BCUT2D eigenvalue weighted by Crippen LogP contribution is -2.43. The van der Waals surface area contributed by atoms with Crippen molar-refractivity contribution in [3.8, 4) is 0 Å². The van der Waals surface area contributed by atoms with Crippen LogP contribution in [0.2, 0.25) is 10.0 Å². The summed E-state index contributed by atoms with van der Waals surface area (Å²) in [6.45, 7) is 3.75. The number of carbonyl (C=O) groups is 2. The van der Waals surface area contributed by atoms with E-state index in [1.165, 1.54) is 4.90 Å². The highest BCUT2D eigenvalue weighted by molar-refractivity contribution is 14.0. The maximum Gasteiger partial charge on any atom is 0.324 e. The number of guanidine groups is 1. The lowest BCUT2D eigenvalue weighted by Gasteiger charge is -2.15. The topological polar surface area (TPSA) is 85.8 Å². The summed E-state index contributed by atoms with van der Waals surface area (Å²) in [5.41, 5.74) is 0.854. The van der Waals surface area contributed by atoms with Gasteiger partial charge in [0.25, 0.3) is 0 Å². The van der Waals surface area contributed by atoms with Gasteiger partial charge >= 0.3 is 6.03 Å². The van der Waals surface area contributed by atoms with Crippen LogP contribution in [0, 0.1) is 0 Å². The molecule has 1 fully saturated rings. The summed E-state index contributed by atoms with van der Waals surface area (Å²) in [6.07, 6.45) is 0. The van der Waals surface area contributed by atoms with Crippen LogP contribution >= 0.6 is 47.2 Å². The minimum atomic E-state index is -0.364. The highest BCUT2D eigenvalue weighted by atomic mass is 127. The van der Waals surface area contributed by atoms with Crippen LogP contribution in [0.5, 0.6) is 0 Å². The Morgan fingerprint density at radius 1 is 1.32 bits per heavy atom. The molecule has 0 unspecified atom stereocenters. The number of aliphatic imine (C=N–C) groups is 1. The summed E-state index contributed by atoms with van der Waals surface area (Å²) in [5, 5.41) is 9.79. The Kier molecular flexibility index (Phi) is 9.30. The second-order valence-corrected chi connectivity index (χ2v) is 5.91. The second-order valence-electron chi connectivity index (χ2n) is 5.06. The Bertz CT molecular complexity index is 641. The molecule has 7 nitrogen and oxygen atoms in total. The van der Waals surface area contributed by atoms with E-state index < -0.39 is 0 Å². The maximum atomic E-state index is 11.5. The zero-order valence-corrected chi connectivity index (χ0v) is 17.5. The van der Waals surface area contributed by atoms with Crippen molar-refractivity contribution in [2.45, 2.75) is 13.5 Å². The molecule has 2 rings (SSSR count). The third kappa shape index (κ3) is 6.52. The summed E-state index contributed by atoms with van der Waals surface area (Å²) >= 11 is 12.0. The first-order valence-corrected chi connectivity index (χ1v) is 8.31. The van der Waals surface area contributed by atoms with Crippen molar-refractivity contribution < 1.29 is 9.59 Å². The van der Waals surface area contributed by atoms with Gasteiger partial charge in [0.1, 0.15) is 0 Å². The molecule has 138 valence electrons. The quantitative estimate of drug-likeness (QED) is 0.242. The number of halogens is 3. The zero-order chi connectivity index (χ0) is 17.5. The van der Waals surface area contributed by atoms with Crippen molar-refractivity contribution >= 4 is 65.1 Å². The van der Waals surface area contributed by atoms with Crippen molar-refractivity contribution in [2.24, 2.45) is 4.99 Å². The van der Waals surface area contributed by atoms with Crippen LogP contribution in [0.15, 0.2) is 23.2 Å². The van der Waals surface area contributed by atoms with E-state index in [4.69, 9.17) is 23.2 Å². The summed E-state index contributed by atoms with van der Waals surface area (Å²) in [7, 11) is 0. The molecule has 1 heterocycles. The van der Waals surface area contributed by atoms with E-state index in [1.54, 1.807) is 12.1 Å². The van der Waals surface area contributed by atoms with Gasteiger partial charge in [-0.25, -0.2) is 9.79 Å². The normalized spacial score (nSPS) is 14.2. The number of nitrogens with zero attached hydrogens (tertiary/aromatic N) is 2. The average molecular weight is 500 g/mol. The molecule has 0 aliphatic carbocycles. The first-order valence-electron chi connectivity index (χ1n) is 7.55. The number of urea groups is 1. The van der Waals surface area contributed by atoms with Crippen LogP contribution in [0.4, 0.5) is 4.79 Å². The molecule has 1 aromatic rings. The molecular formula is C15H20Cl2IN5O2. The van der Waals surface area contributed by atoms with Crippen molar-refractivity contribution in [1.29, 1.82) is 0 Å². The smallest absolute Gasteiger partial charge is 0.324 e. The summed E-state index contributed by atoms with van der Waals surface area (Å²) in [4.78, 5) is 28.6. The molecule has 1 aromatic carbocycles.